The summed E-state index contributed by atoms with van der Waals surface area (Å²) < 4.78 is 36.7. The number of hydrogen-bond donors (Lipinski definition) is 1. The van der Waals surface area contributed by atoms with Crippen LogP contribution in [-0.2, 0) is 0 Å². The number of nitrogens with one attached hydrogen (secondary N) is 1. The standard InChI is InChI=1S/C8H5BrF3N/c9-6-3-1-5(2-4-6)7(13)8(10,11)12/h1-4,13H. The van der Waals surface area contributed by atoms with Gasteiger partial charge in [-0.1, -0.05) is 28.1 Å². The molecule has 0 saturated carbocycles. The molecule has 13 heavy (non-hydrogen) atoms. The molecule has 0 aliphatic heterocycles. The zero-order chi connectivity index (χ0) is 10.1. The lowest BCUT2D eigenvalue weighted by molar-refractivity contribution is -0.0587. The van der Waals surface area contributed by atoms with Gasteiger partial charge in [0.2, 0.25) is 0 Å². The van der Waals surface area contributed by atoms with Crippen LogP contribution in [0.15, 0.2) is 28.7 Å². The molecule has 0 aliphatic rings. The maximum atomic E-state index is 12.0. The van der Waals surface area contributed by atoms with Gasteiger partial charge in [0.1, 0.15) is 5.71 Å². The molecule has 0 atom stereocenters. The summed E-state index contributed by atoms with van der Waals surface area (Å²) in [4.78, 5) is 0. The summed E-state index contributed by atoms with van der Waals surface area (Å²) in [5.74, 6) is 0. The van der Waals surface area contributed by atoms with Gasteiger partial charge in [-0.15, -0.1) is 0 Å². The van der Waals surface area contributed by atoms with Crippen LogP contribution in [0.25, 0.3) is 0 Å². The van der Waals surface area contributed by atoms with Crippen LogP contribution in [0.2, 0.25) is 0 Å². The molecular formula is C8H5BrF3N. The molecule has 1 aromatic carbocycles. The summed E-state index contributed by atoms with van der Waals surface area (Å²) in [6, 6.07) is 5.44. The van der Waals surface area contributed by atoms with Gasteiger partial charge in [-0.3, -0.25) is 5.41 Å². The second-order valence-corrected chi connectivity index (χ2v) is 3.30. The molecule has 0 radical (unpaired) electrons. The van der Waals surface area contributed by atoms with Crippen LogP contribution in [-0.4, -0.2) is 11.9 Å². The van der Waals surface area contributed by atoms with Gasteiger partial charge in [-0.05, 0) is 12.1 Å². The lowest BCUT2D eigenvalue weighted by Gasteiger charge is -2.07. The number of alkyl halides is 3. The van der Waals surface area contributed by atoms with Crippen LogP contribution in [0.1, 0.15) is 5.56 Å². The Morgan fingerprint density at radius 2 is 1.62 bits per heavy atom. The van der Waals surface area contributed by atoms with E-state index >= 15 is 0 Å². The monoisotopic (exact) mass is 251 g/mol. The summed E-state index contributed by atoms with van der Waals surface area (Å²) in [5, 5.41) is 6.81. The maximum Gasteiger partial charge on any atom is 0.433 e. The quantitative estimate of drug-likeness (QED) is 0.741. The molecule has 1 N–H and O–H groups in total. The maximum absolute atomic E-state index is 12.0. The van der Waals surface area contributed by atoms with Crippen molar-refractivity contribution >= 4 is 21.6 Å². The smallest absolute Gasteiger partial charge is 0.296 e. The first-order valence-corrected chi connectivity index (χ1v) is 4.12. The second kappa shape index (κ2) is 3.49. The summed E-state index contributed by atoms with van der Waals surface area (Å²) >= 11 is 3.09. The Labute approximate surface area is 81.2 Å². The third-order valence-corrected chi connectivity index (χ3v) is 1.95. The molecule has 0 aliphatic carbocycles. The van der Waals surface area contributed by atoms with E-state index in [2.05, 4.69) is 15.9 Å². The highest BCUT2D eigenvalue weighted by Gasteiger charge is 2.34. The van der Waals surface area contributed by atoms with Gasteiger partial charge in [-0.25, -0.2) is 0 Å². The van der Waals surface area contributed by atoms with E-state index in [1.807, 2.05) is 0 Å². The van der Waals surface area contributed by atoms with E-state index in [1.165, 1.54) is 24.3 Å². The normalized spacial score (nSPS) is 11.4. The van der Waals surface area contributed by atoms with Gasteiger partial charge >= 0.3 is 6.18 Å². The fourth-order valence-electron chi connectivity index (χ4n) is 0.780. The van der Waals surface area contributed by atoms with Crippen LogP contribution in [0, 0.1) is 5.41 Å². The molecule has 0 amide bonds. The largest absolute Gasteiger partial charge is 0.433 e. The summed E-state index contributed by atoms with van der Waals surface area (Å²) in [7, 11) is 0. The van der Waals surface area contributed by atoms with E-state index in [4.69, 9.17) is 5.41 Å². The van der Waals surface area contributed by atoms with Crippen molar-refractivity contribution in [2.24, 2.45) is 0 Å². The van der Waals surface area contributed by atoms with Gasteiger partial charge in [-0.2, -0.15) is 13.2 Å². The predicted molar refractivity (Wildman–Crippen MR) is 47.0 cm³/mol. The highest BCUT2D eigenvalue weighted by molar-refractivity contribution is 9.10. The van der Waals surface area contributed by atoms with E-state index in [0.717, 1.165) is 0 Å². The van der Waals surface area contributed by atoms with Gasteiger partial charge in [0.25, 0.3) is 0 Å². The molecule has 0 unspecified atom stereocenters. The van der Waals surface area contributed by atoms with Crippen LogP contribution >= 0.6 is 15.9 Å². The Kier molecular flexibility index (Phi) is 2.75. The molecule has 1 aromatic rings. The summed E-state index contributed by atoms with van der Waals surface area (Å²) in [6.07, 6.45) is -4.58. The number of halogens is 4. The fraction of sp³-hybridized carbons (Fsp3) is 0.125. The van der Waals surface area contributed by atoms with E-state index in [0.29, 0.717) is 4.47 Å². The van der Waals surface area contributed by atoms with Crippen LogP contribution in [0.4, 0.5) is 13.2 Å². The average molecular weight is 252 g/mol. The molecule has 1 nitrogen and oxygen atoms in total. The van der Waals surface area contributed by atoms with Crippen molar-refractivity contribution in [1.29, 1.82) is 5.41 Å². The molecule has 0 heterocycles. The van der Waals surface area contributed by atoms with E-state index in [1.54, 1.807) is 0 Å². The van der Waals surface area contributed by atoms with Crippen molar-refractivity contribution in [2.45, 2.75) is 6.18 Å². The Bertz CT molecular complexity index is 315. The zero-order valence-corrected chi connectivity index (χ0v) is 7.91. The minimum Gasteiger partial charge on any atom is -0.296 e. The molecule has 70 valence electrons. The van der Waals surface area contributed by atoms with Gasteiger partial charge in [0.15, 0.2) is 0 Å². The van der Waals surface area contributed by atoms with Crippen molar-refractivity contribution in [3.8, 4) is 0 Å². The molecule has 0 bridgehead atoms. The lowest BCUT2D eigenvalue weighted by atomic mass is 10.1. The lowest BCUT2D eigenvalue weighted by Crippen LogP contribution is -2.22. The number of hydrogen-bond acceptors (Lipinski definition) is 1. The third-order valence-electron chi connectivity index (χ3n) is 1.42. The third kappa shape index (κ3) is 2.55. The number of benzene rings is 1. The SMILES string of the molecule is N=C(c1ccc(Br)cc1)C(F)(F)F. The fourth-order valence-corrected chi connectivity index (χ4v) is 1.04. The molecule has 5 heteroatoms. The van der Waals surface area contributed by atoms with Crippen LogP contribution < -0.4 is 0 Å². The minimum atomic E-state index is -4.58. The van der Waals surface area contributed by atoms with Crippen LogP contribution in [0.5, 0.6) is 0 Å². The molecule has 0 spiro atoms. The van der Waals surface area contributed by atoms with E-state index < -0.39 is 11.9 Å². The Morgan fingerprint density at radius 1 is 1.15 bits per heavy atom. The molecule has 0 aromatic heterocycles. The Hall–Kier alpha value is -0.840. The first-order chi connectivity index (χ1) is 5.91. The second-order valence-electron chi connectivity index (χ2n) is 2.38. The van der Waals surface area contributed by atoms with Crippen molar-refractivity contribution in [2.75, 3.05) is 0 Å². The topological polar surface area (TPSA) is 23.9 Å². The van der Waals surface area contributed by atoms with Gasteiger partial charge in [0, 0.05) is 10.0 Å². The molecule has 0 fully saturated rings. The van der Waals surface area contributed by atoms with Crippen LogP contribution in [0.3, 0.4) is 0 Å². The van der Waals surface area contributed by atoms with Crippen molar-refractivity contribution < 1.29 is 13.2 Å². The molecule has 1 rings (SSSR count). The average Bonchev–Trinajstić information content (AvgIpc) is 2.03. The first kappa shape index (κ1) is 10.2. The summed E-state index contributed by atoms with van der Waals surface area (Å²) in [5.41, 5.74) is -1.45. The van der Waals surface area contributed by atoms with Gasteiger partial charge < -0.3 is 0 Å². The zero-order valence-electron chi connectivity index (χ0n) is 6.32. The molecular weight excluding hydrogens is 247 g/mol. The predicted octanol–water partition coefficient (Wildman–Crippen LogP) is 3.38. The Balaban J connectivity index is 2.97. The highest BCUT2D eigenvalue weighted by Crippen LogP contribution is 2.22. The minimum absolute atomic E-state index is 0.129. The first-order valence-electron chi connectivity index (χ1n) is 3.33. The van der Waals surface area contributed by atoms with Crippen molar-refractivity contribution in [3.63, 3.8) is 0 Å². The van der Waals surface area contributed by atoms with E-state index in [-0.39, 0.29) is 5.56 Å². The van der Waals surface area contributed by atoms with E-state index in [9.17, 15) is 13.2 Å². The molecule has 0 saturated heterocycles. The van der Waals surface area contributed by atoms with Crippen molar-refractivity contribution in [3.05, 3.63) is 34.3 Å². The van der Waals surface area contributed by atoms with Crippen molar-refractivity contribution in [1.82, 2.24) is 0 Å². The highest BCUT2D eigenvalue weighted by atomic mass is 79.9. The number of rotatable bonds is 1. The van der Waals surface area contributed by atoms with Gasteiger partial charge in [0.05, 0.1) is 0 Å². The Morgan fingerprint density at radius 3 is 2.00 bits per heavy atom. The summed E-state index contributed by atoms with van der Waals surface area (Å²) in [6.45, 7) is 0.